The minimum Gasteiger partial charge on any atom is -0.468 e. The first-order valence-electron chi connectivity index (χ1n) is 12.7. The smallest absolute Gasteiger partial charge is 0.293 e. The van der Waals surface area contributed by atoms with Gasteiger partial charge in [-0.3, -0.25) is 13.9 Å². The molecule has 0 aliphatic rings. The molecule has 8 nitrogen and oxygen atoms in total. The Hall–Kier alpha value is -3.79. The van der Waals surface area contributed by atoms with E-state index in [0.717, 1.165) is 0 Å². The molecule has 0 aliphatic carbocycles. The number of rotatable bonds is 11. The van der Waals surface area contributed by atoms with Crippen molar-refractivity contribution in [3.05, 3.63) is 118 Å². The molecule has 0 spiro atoms. The van der Waals surface area contributed by atoms with E-state index in [2.05, 4.69) is 4.74 Å². The van der Waals surface area contributed by atoms with Crippen molar-refractivity contribution in [1.82, 2.24) is 4.90 Å². The Bertz CT molecular complexity index is 1530. The molecule has 0 saturated heterocycles. The van der Waals surface area contributed by atoms with Gasteiger partial charge in [0.15, 0.2) is 0 Å². The largest absolute Gasteiger partial charge is 0.468 e. The van der Waals surface area contributed by atoms with E-state index in [1.807, 2.05) is 0 Å². The van der Waals surface area contributed by atoms with Gasteiger partial charge in [-0.15, -0.1) is 0 Å². The summed E-state index contributed by atoms with van der Waals surface area (Å²) in [5, 5.41) is 0.741. The lowest BCUT2D eigenvalue weighted by molar-refractivity contribution is -0.128. The zero-order chi connectivity index (χ0) is 29.8. The fourth-order valence-corrected chi connectivity index (χ4v) is 5.93. The second kappa shape index (κ2) is 15.3. The van der Waals surface area contributed by atoms with E-state index < -0.39 is 10.0 Å². The average Bonchev–Trinajstić information content (AvgIpc) is 3.48. The fourth-order valence-electron chi connectivity index (χ4n) is 3.98. The van der Waals surface area contributed by atoms with Crippen molar-refractivity contribution in [2.45, 2.75) is 31.8 Å². The molecule has 4 rings (SSSR count). The highest BCUT2D eigenvalue weighted by Crippen LogP contribution is 2.31. The number of halogens is 2. The SMILES string of the molecule is CCN(c1ccc(Cl)cc1CN(Cc1ccco1)C(=O)c1ccccc1Cl)S(=O)(=O)c1ccccc1.CCOC=O. The van der Waals surface area contributed by atoms with Crippen LogP contribution in [0.3, 0.4) is 0 Å². The molecule has 41 heavy (non-hydrogen) atoms. The molecule has 1 aromatic heterocycles. The van der Waals surface area contributed by atoms with Crippen LogP contribution in [0.15, 0.2) is 101 Å². The molecule has 0 fully saturated rings. The number of nitrogens with zero attached hydrogens (tertiary/aromatic N) is 2. The summed E-state index contributed by atoms with van der Waals surface area (Å²) >= 11 is 12.7. The lowest BCUT2D eigenvalue weighted by atomic mass is 10.1. The van der Waals surface area contributed by atoms with Crippen molar-refractivity contribution in [3.8, 4) is 0 Å². The molecule has 0 bridgehead atoms. The van der Waals surface area contributed by atoms with Gasteiger partial charge in [0, 0.05) is 18.1 Å². The van der Waals surface area contributed by atoms with E-state index in [1.54, 1.807) is 104 Å². The number of anilines is 1. The zero-order valence-electron chi connectivity index (χ0n) is 22.6. The molecule has 0 unspecified atom stereocenters. The molecule has 4 aromatic rings. The predicted molar refractivity (Wildman–Crippen MR) is 160 cm³/mol. The number of carbonyl (C=O) groups excluding carboxylic acids is 2. The lowest BCUT2D eigenvalue weighted by Crippen LogP contribution is -2.34. The normalized spacial score (nSPS) is 10.7. The number of amides is 1. The van der Waals surface area contributed by atoms with Crippen LogP contribution in [-0.4, -0.2) is 38.8 Å². The summed E-state index contributed by atoms with van der Waals surface area (Å²) in [4.78, 5) is 24.5. The Morgan fingerprint density at radius 2 is 1.63 bits per heavy atom. The molecule has 1 heterocycles. The van der Waals surface area contributed by atoms with Crippen LogP contribution in [-0.2, 0) is 32.6 Å². The highest BCUT2D eigenvalue weighted by molar-refractivity contribution is 7.92. The van der Waals surface area contributed by atoms with Crippen LogP contribution in [0.5, 0.6) is 0 Å². The number of hydrogen-bond donors (Lipinski definition) is 0. The van der Waals surface area contributed by atoms with Crippen LogP contribution in [0.4, 0.5) is 5.69 Å². The quantitative estimate of drug-likeness (QED) is 0.171. The molecule has 3 aromatic carbocycles. The third-order valence-electron chi connectivity index (χ3n) is 5.84. The number of hydrogen-bond acceptors (Lipinski definition) is 6. The third-order valence-corrected chi connectivity index (χ3v) is 8.31. The molecule has 0 radical (unpaired) electrons. The van der Waals surface area contributed by atoms with Gasteiger partial charge in [-0.25, -0.2) is 8.42 Å². The monoisotopic (exact) mass is 616 g/mol. The Labute approximate surface area is 250 Å². The predicted octanol–water partition coefficient (Wildman–Crippen LogP) is 6.82. The van der Waals surface area contributed by atoms with Crippen LogP contribution >= 0.6 is 23.2 Å². The topological polar surface area (TPSA) is 97.1 Å². The van der Waals surface area contributed by atoms with Gasteiger partial charge in [-0.1, -0.05) is 53.5 Å². The Morgan fingerprint density at radius 1 is 0.927 bits per heavy atom. The Kier molecular flexibility index (Phi) is 11.8. The number of ether oxygens (including phenoxy) is 1. The molecule has 0 atom stereocenters. The summed E-state index contributed by atoms with van der Waals surface area (Å²) in [6, 6.07) is 23.5. The highest BCUT2D eigenvalue weighted by Gasteiger charge is 2.27. The fraction of sp³-hybridized carbons (Fsp3) is 0.200. The van der Waals surface area contributed by atoms with Crippen LogP contribution in [0.2, 0.25) is 10.0 Å². The molecule has 216 valence electrons. The van der Waals surface area contributed by atoms with Crippen molar-refractivity contribution >= 4 is 51.3 Å². The van der Waals surface area contributed by atoms with Crippen LogP contribution in [0, 0.1) is 0 Å². The first-order chi connectivity index (χ1) is 19.7. The molecule has 0 aliphatic heterocycles. The maximum Gasteiger partial charge on any atom is 0.293 e. The van der Waals surface area contributed by atoms with Crippen molar-refractivity contribution in [1.29, 1.82) is 0 Å². The average molecular weight is 618 g/mol. The standard InChI is InChI=1S/C27H24Cl2N2O4S.C3H6O2/c1-2-31(36(33,34)23-10-4-3-5-11-23)26-15-14-21(28)17-20(26)18-30(19-22-9-8-16-35-22)27(32)24-12-6-7-13-25(24)29;1-2-5-3-4/h3-17H,2,18-19H2,1H3;3H,2H2,1H3. The van der Waals surface area contributed by atoms with E-state index in [9.17, 15) is 18.0 Å². The van der Waals surface area contributed by atoms with Crippen LogP contribution in [0.1, 0.15) is 35.5 Å². The number of furan rings is 1. The van der Waals surface area contributed by atoms with Crippen molar-refractivity contribution < 1.29 is 27.2 Å². The van der Waals surface area contributed by atoms with Gasteiger partial charge in [0.25, 0.3) is 22.4 Å². The first kappa shape index (κ1) is 31.7. The van der Waals surface area contributed by atoms with Gasteiger partial charge in [0.1, 0.15) is 5.76 Å². The summed E-state index contributed by atoms with van der Waals surface area (Å²) in [6.45, 7) is 4.83. The molecular weight excluding hydrogens is 587 g/mol. The number of carbonyl (C=O) groups is 2. The molecule has 0 N–H and O–H groups in total. The second-order valence-corrected chi connectivity index (χ2v) is 11.2. The van der Waals surface area contributed by atoms with Gasteiger partial charge in [0.05, 0.1) is 40.6 Å². The maximum atomic E-state index is 13.6. The molecular formula is C30H30Cl2N2O6S. The van der Waals surface area contributed by atoms with Gasteiger partial charge in [-0.2, -0.15) is 0 Å². The summed E-state index contributed by atoms with van der Waals surface area (Å²) in [7, 11) is -3.86. The van der Waals surface area contributed by atoms with Gasteiger partial charge in [0.2, 0.25) is 0 Å². The summed E-state index contributed by atoms with van der Waals surface area (Å²) < 4.78 is 38.0. The Balaban J connectivity index is 0.000000850. The van der Waals surface area contributed by atoms with E-state index in [0.29, 0.717) is 45.7 Å². The van der Waals surface area contributed by atoms with Crippen LogP contribution < -0.4 is 4.31 Å². The molecule has 0 saturated carbocycles. The van der Waals surface area contributed by atoms with Gasteiger partial charge in [-0.05, 0) is 74.0 Å². The van der Waals surface area contributed by atoms with Gasteiger partial charge < -0.3 is 14.1 Å². The van der Waals surface area contributed by atoms with Crippen LogP contribution in [0.25, 0.3) is 0 Å². The van der Waals surface area contributed by atoms with Crippen molar-refractivity contribution in [2.75, 3.05) is 17.5 Å². The van der Waals surface area contributed by atoms with Gasteiger partial charge >= 0.3 is 0 Å². The van der Waals surface area contributed by atoms with E-state index >= 15 is 0 Å². The van der Waals surface area contributed by atoms with Crippen molar-refractivity contribution in [3.63, 3.8) is 0 Å². The summed E-state index contributed by atoms with van der Waals surface area (Å²) in [6.07, 6.45) is 1.53. The summed E-state index contributed by atoms with van der Waals surface area (Å²) in [5.74, 6) is 0.250. The first-order valence-corrected chi connectivity index (χ1v) is 14.9. The zero-order valence-corrected chi connectivity index (χ0v) is 24.9. The minimum atomic E-state index is -3.86. The number of sulfonamides is 1. The van der Waals surface area contributed by atoms with E-state index in [4.69, 9.17) is 27.6 Å². The third kappa shape index (κ3) is 8.36. The maximum absolute atomic E-state index is 13.6. The second-order valence-electron chi connectivity index (χ2n) is 8.53. The molecule has 1 amide bonds. The highest BCUT2D eigenvalue weighted by atomic mass is 35.5. The minimum absolute atomic E-state index is 0.0709. The Morgan fingerprint density at radius 3 is 2.22 bits per heavy atom. The number of benzene rings is 3. The molecule has 11 heteroatoms. The summed E-state index contributed by atoms with van der Waals surface area (Å²) in [5.41, 5.74) is 1.33. The van der Waals surface area contributed by atoms with E-state index in [-0.39, 0.29) is 30.4 Å². The lowest BCUT2D eigenvalue weighted by Gasteiger charge is -2.28. The van der Waals surface area contributed by atoms with Crippen molar-refractivity contribution in [2.24, 2.45) is 0 Å². The van der Waals surface area contributed by atoms with E-state index in [1.165, 1.54) is 10.6 Å².